The van der Waals surface area contributed by atoms with E-state index in [1.807, 2.05) is 13.0 Å². The Morgan fingerprint density at radius 3 is 2.53 bits per heavy atom. The minimum atomic E-state index is -3.49. The van der Waals surface area contributed by atoms with E-state index >= 15 is 0 Å². The van der Waals surface area contributed by atoms with E-state index < -0.39 is 10.0 Å². The van der Waals surface area contributed by atoms with Crippen molar-refractivity contribution in [2.24, 2.45) is 12.0 Å². The van der Waals surface area contributed by atoms with Crippen LogP contribution in [0.15, 0.2) is 64.3 Å². The van der Waals surface area contributed by atoms with Gasteiger partial charge in [-0.2, -0.15) is 0 Å². The van der Waals surface area contributed by atoms with Gasteiger partial charge in [-0.25, -0.2) is 13.1 Å². The molecule has 7 nitrogen and oxygen atoms in total. The lowest BCUT2D eigenvalue weighted by Gasteiger charge is -2.31. The van der Waals surface area contributed by atoms with Gasteiger partial charge < -0.3 is 14.8 Å². The molecule has 8 heteroatoms. The Balaban J connectivity index is 1.53. The van der Waals surface area contributed by atoms with Crippen molar-refractivity contribution in [2.45, 2.75) is 24.7 Å². The van der Waals surface area contributed by atoms with Gasteiger partial charge in [0.05, 0.1) is 11.4 Å². The monoisotopic (exact) mass is 429 g/mol. The Morgan fingerprint density at radius 1 is 1.17 bits per heavy atom. The summed E-state index contributed by atoms with van der Waals surface area (Å²) < 4.78 is 28.9. The van der Waals surface area contributed by atoms with Crippen molar-refractivity contribution in [1.82, 2.24) is 19.5 Å². The molecule has 1 fully saturated rings. The molecule has 3 rings (SSSR count). The number of sulfonamides is 1. The molecular weight excluding hydrogens is 398 g/mol. The van der Waals surface area contributed by atoms with Crippen LogP contribution in [0.3, 0.4) is 0 Å². The Kier molecular flexibility index (Phi) is 7.70. The van der Waals surface area contributed by atoms with Crippen LogP contribution in [0, 0.1) is 0 Å². The van der Waals surface area contributed by atoms with Crippen LogP contribution >= 0.6 is 0 Å². The molecule has 2 heterocycles. The molecule has 0 amide bonds. The summed E-state index contributed by atoms with van der Waals surface area (Å²) in [5.41, 5.74) is 2.69. The van der Waals surface area contributed by atoms with Crippen LogP contribution in [0.25, 0.3) is 6.08 Å². The fourth-order valence-corrected chi connectivity index (χ4v) is 4.49. The molecule has 1 aromatic carbocycles. The second-order valence-electron chi connectivity index (χ2n) is 7.35. The van der Waals surface area contributed by atoms with Gasteiger partial charge in [0.1, 0.15) is 0 Å². The lowest BCUT2D eigenvalue weighted by molar-refractivity contribution is 0.375. The van der Waals surface area contributed by atoms with Crippen LogP contribution in [0.1, 0.15) is 25.3 Å². The van der Waals surface area contributed by atoms with E-state index in [2.05, 4.69) is 50.3 Å². The normalized spacial score (nSPS) is 15.3. The second kappa shape index (κ2) is 10.4. The van der Waals surface area contributed by atoms with E-state index in [0.29, 0.717) is 6.54 Å². The highest BCUT2D eigenvalue weighted by Crippen LogP contribution is 2.19. The van der Waals surface area contributed by atoms with Gasteiger partial charge in [0.15, 0.2) is 5.96 Å². The number of benzene rings is 1. The van der Waals surface area contributed by atoms with Crippen LogP contribution in [0.5, 0.6) is 0 Å². The van der Waals surface area contributed by atoms with Gasteiger partial charge in [0.2, 0.25) is 10.0 Å². The molecular formula is C22H31N5O2S. The van der Waals surface area contributed by atoms with E-state index in [-0.39, 0.29) is 11.4 Å². The van der Waals surface area contributed by atoms with Gasteiger partial charge >= 0.3 is 0 Å². The van der Waals surface area contributed by atoms with Crippen molar-refractivity contribution < 1.29 is 8.42 Å². The lowest BCUT2D eigenvalue weighted by Crippen LogP contribution is -2.44. The van der Waals surface area contributed by atoms with Crippen molar-refractivity contribution in [3.8, 4) is 0 Å². The first-order chi connectivity index (χ1) is 14.5. The largest absolute Gasteiger partial charge is 0.357 e. The average Bonchev–Trinajstić information content (AvgIpc) is 3.19. The van der Waals surface area contributed by atoms with Gasteiger partial charge in [0.25, 0.3) is 0 Å². The second-order valence-corrected chi connectivity index (χ2v) is 9.11. The first-order valence-electron chi connectivity index (χ1n) is 10.4. The Hall–Kier alpha value is -2.58. The third-order valence-electron chi connectivity index (χ3n) is 4.99. The first-order valence-corrected chi connectivity index (χ1v) is 11.9. The number of guanidine groups is 1. The van der Waals surface area contributed by atoms with Crippen molar-refractivity contribution >= 4 is 22.1 Å². The summed E-state index contributed by atoms with van der Waals surface area (Å²) in [5.74, 6) is 0.843. The summed E-state index contributed by atoms with van der Waals surface area (Å²) in [4.78, 5) is 7.15. The van der Waals surface area contributed by atoms with E-state index in [0.717, 1.165) is 38.4 Å². The Bertz CT molecular complexity index is 970. The van der Waals surface area contributed by atoms with E-state index in [1.165, 1.54) is 11.1 Å². The maximum Gasteiger partial charge on any atom is 0.242 e. The summed E-state index contributed by atoms with van der Waals surface area (Å²) in [7, 11) is -1.70. The highest BCUT2D eigenvalue weighted by atomic mass is 32.2. The zero-order valence-corrected chi connectivity index (χ0v) is 18.5. The van der Waals surface area contributed by atoms with Crippen molar-refractivity contribution in [2.75, 3.05) is 32.7 Å². The molecule has 0 spiro atoms. The summed E-state index contributed by atoms with van der Waals surface area (Å²) in [5, 5.41) is 3.33. The molecule has 1 aliphatic heterocycles. The fourth-order valence-electron chi connectivity index (χ4n) is 3.42. The van der Waals surface area contributed by atoms with Gasteiger partial charge in [0, 0.05) is 45.6 Å². The highest BCUT2D eigenvalue weighted by Gasteiger charge is 2.18. The van der Waals surface area contributed by atoms with Crippen LogP contribution in [0.4, 0.5) is 0 Å². The molecule has 1 aromatic heterocycles. The summed E-state index contributed by atoms with van der Waals surface area (Å²) >= 11 is 0. The molecule has 0 unspecified atom stereocenters. The molecule has 0 bridgehead atoms. The maximum absolute atomic E-state index is 12.3. The van der Waals surface area contributed by atoms with Crippen LogP contribution in [-0.2, 0) is 17.1 Å². The van der Waals surface area contributed by atoms with E-state index in [1.54, 1.807) is 30.1 Å². The Labute approximate surface area is 179 Å². The van der Waals surface area contributed by atoms with Gasteiger partial charge in [-0.15, -0.1) is 0 Å². The zero-order chi connectivity index (χ0) is 21.4. The number of aliphatic imine (C=N–C) groups is 1. The fraction of sp³-hybridized carbons (Fsp3) is 0.409. The molecule has 2 aromatic rings. The summed E-state index contributed by atoms with van der Waals surface area (Å²) in [6, 6.07) is 12.0. The van der Waals surface area contributed by atoms with Crippen LogP contribution in [-0.4, -0.2) is 56.6 Å². The standard InChI is InChI=1S/C22H31N5O2S/c1-3-23-22(24-12-13-25-30(28,29)21-11-14-26(2)18-21)27-15-9-20(10-16-27)17-19-7-5-4-6-8-19/h4-8,11,14,17-18,25H,3,9-10,12-13,15-16H2,1-2H3,(H,23,24). The molecule has 1 aliphatic rings. The van der Waals surface area contributed by atoms with E-state index in [9.17, 15) is 8.42 Å². The molecule has 0 radical (unpaired) electrons. The highest BCUT2D eigenvalue weighted by molar-refractivity contribution is 7.89. The van der Waals surface area contributed by atoms with Gasteiger partial charge in [-0.05, 0) is 31.4 Å². The maximum atomic E-state index is 12.3. The number of hydrogen-bond acceptors (Lipinski definition) is 3. The molecule has 1 saturated heterocycles. The van der Waals surface area contributed by atoms with E-state index in [4.69, 9.17) is 0 Å². The molecule has 2 N–H and O–H groups in total. The number of likely N-dealkylation sites (tertiary alicyclic amines) is 1. The minimum absolute atomic E-state index is 0.263. The number of piperidine rings is 1. The molecule has 0 saturated carbocycles. The molecule has 0 aliphatic carbocycles. The van der Waals surface area contributed by atoms with Crippen LogP contribution in [0.2, 0.25) is 0 Å². The minimum Gasteiger partial charge on any atom is -0.357 e. The predicted molar refractivity (Wildman–Crippen MR) is 122 cm³/mol. The number of aryl methyl sites for hydroxylation is 1. The van der Waals surface area contributed by atoms with Crippen molar-refractivity contribution in [1.29, 1.82) is 0 Å². The van der Waals surface area contributed by atoms with Gasteiger partial charge in [-0.1, -0.05) is 42.0 Å². The van der Waals surface area contributed by atoms with Crippen molar-refractivity contribution in [3.05, 3.63) is 59.9 Å². The summed E-state index contributed by atoms with van der Waals surface area (Å²) in [6.07, 6.45) is 7.58. The quantitative estimate of drug-likeness (QED) is 0.403. The average molecular weight is 430 g/mol. The zero-order valence-electron chi connectivity index (χ0n) is 17.7. The van der Waals surface area contributed by atoms with Crippen molar-refractivity contribution in [3.63, 3.8) is 0 Å². The number of nitrogens with one attached hydrogen (secondary N) is 2. The number of nitrogens with zero attached hydrogens (tertiary/aromatic N) is 3. The number of rotatable bonds is 7. The number of hydrogen-bond donors (Lipinski definition) is 2. The molecule has 30 heavy (non-hydrogen) atoms. The molecule has 0 atom stereocenters. The smallest absolute Gasteiger partial charge is 0.242 e. The molecule has 162 valence electrons. The third-order valence-corrected chi connectivity index (χ3v) is 6.44. The first kappa shape index (κ1) is 22.1. The predicted octanol–water partition coefficient (Wildman–Crippen LogP) is 2.45. The topological polar surface area (TPSA) is 78.7 Å². The summed E-state index contributed by atoms with van der Waals surface area (Å²) in [6.45, 7) is 5.27. The van der Waals surface area contributed by atoms with Gasteiger partial charge in [-0.3, -0.25) is 4.99 Å². The Morgan fingerprint density at radius 2 is 1.90 bits per heavy atom. The number of aromatic nitrogens is 1. The lowest BCUT2D eigenvalue weighted by atomic mass is 10.0. The SMILES string of the molecule is CCNC(=NCCNS(=O)(=O)c1ccn(C)c1)N1CCC(=Cc2ccccc2)CC1. The third kappa shape index (κ3) is 6.21. The van der Waals surface area contributed by atoms with Crippen LogP contribution < -0.4 is 10.0 Å².